The number of pyridine rings is 1. The van der Waals surface area contributed by atoms with E-state index in [4.69, 9.17) is 4.98 Å². The average molecular weight is 273 g/mol. The maximum Gasteiger partial charge on any atom is 0.0709 e. The van der Waals surface area contributed by atoms with Crippen LogP contribution in [0, 0.1) is 20.8 Å². The summed E-state index contributed by atoms with van der Waals surface area (Å²) in [5, 5.41) is 0. The molecule has 0 N–H and O–H groups in total. The Balaban J connectivity index is 2.03. The number of aromatic nitrogens is 1. The van der Waals surface area contributed by atoms with Crippen LogP contribution in [0.2, 0.25) is 0 Å². The first-order valence-corrected chi connectivity index (χ1v) is 7.25. The smallest absolute Gasteiger partial charge is 0.0709 e. The van der Waals surface area contributed by atoms with E-state index in [0.717, 1.165) is 17.0 Å². The molecule has 21 heavy (non-hydrogen) atoms. The van der Waals surface area contributed by atoms with Crippen molar-refractivity contribution in [3.05, 3.63) is 77.4 Å². The number of rotatable bonds is 2. The van der Waals surface area contributed by atoms with Gasteiger partial charge in [-0.3, -0.25) is 0 Å². The van der Waals surface area contributed by atoms with Gasteiger partial charge >= 0.3 is 0 Å². The molecule has 1 heterocycles. The summed E-state index contributed by atoms with van der Waals surface area (Å²) >= 11 is 0. The van der Waals surface area contributed by atoms with Crippen molar-refractivity contribution >= 4 is 0 Å². The minimum absolute atomic E-state index is 1.02. The Morgan fingerprint density at radius 2 is 1.24 bits per heavy atom. The van der Waals surface area contributed by atoms with Gasteiger partial charge in [0.25, 0.3) is 0 Å². The summed E-state index contributed by atoms with van der Waals surface area (Å²) in [7, 11) is 0. The van der Waals surface area contributed by atoms with Gasteiger partial charge in [0.15, 0.2) is 0 Å². The Kier molecular flexibility index (Phi) is 3.57. The van der Waals surface area contributed by atoms with Crippen LogP contribution in [-0.2, 0) is 0 Å². The highest BCUT2D eigenvalue weighted by Gasteiger charge is 2.04. The van der Waals surface area contributed by atoms with Gasteiger partial charge < -0.3 is 0 Å². The van der Waals surface area contributed by atoms with Gasteiger partial charge in [-0.05, 0) is 50.1 Å². The Hall–Kier alpha value is -2.41. The topological polar surface area (TPSA) is 12.9 Å². The van der Waals surface area contributed by atoms with E-state index in [1.165, 1.54) is 22.3 Å². The summed E-state index contributed by atoms with van der Waals surface area (Å²) in [6.07, 6.45) is 0. The molecular formula is C20H19N. The lowest BCUT2D eigenvalue weighted by Crippen LogP contribution is -1.89. The standard InChI is InChI=1S/C20H19N/c1-14-7-10-17(11-8-14)19-5-4-6-20(21-19)18-12-9-15(2)16(3)13-18/h4-13H,1-3H3. The van der Waals surface area contributed by atoms with Crippen LogP contribution in [0.4, 0.5) is 0 Å². The normalized spacial score (nSPS) is 10.6. The summed E-state index contributed by atoms with van der Waals surface area (Å²) in [6.45, 7) is 6.38. The predicted molar refractivity (Wildman–Crippen MR) is 89.3 cm³/mol. The van der Waals surface area contributed by atoms with E-state index in [2.05, 4.69) is 81.4 Å². The van der Waals surface area contributed by atoms with E-state index >= 15 is 0 Å². The fraction of sp³-hybridized carbons (Fsp3) is 0.150. The highest BCUT2D eigenvalue weighted by Crippen LogP contribution is 2.24. The van der Waals surface area contributed by atoms with Crippen LogP contribution < -0.4 is 0 Å². The molecule has 1 heteroatoms. The number of hydrogen-bond donors (Lipinski definition) is 0. The predicted octanol–water partition coefficient (Wildman–Crippen LogP) is 5.34. The van der Waals surface area contributed by atoms with Gasteiger partial charge in [-0.2, -0.15) is 0 Å². The van der Waals surface area contributed by atoms with E-state index in [1.54, 1.807) is 0 Å². The molecule has 1 aromatic heterocycles. The molecule has 0 aliphatic carbocycles. The molecule has 0 radical (unpaired) electrons. The van der Waals surface area contributed by atoms with Gasteiger partial charge in [-0.25, -0.2) is 4.98 Å². The second kappa shape index (κ2) is 5.53. The fourth-order valence-electron chi connectivity index (χ4n) is 2.38. The van der Waals surface area contributed by atoms with E-state index in [9.17, 15) is 0 Å². The van der Waals surface area contributed by atoms with Crippen LogP contribution in [0.1, 0.15) is 16.7 Å². The molecule has 3 aromatic rings. The SMILES string of the molecule is Cc1ccc(-c2cccc(-c3ccc(C)c(C)c3)n2)cc1. The van der Waals surface area contributed by atoms with Crippen molar-refractivity contribution in [1.82, 2.24) is 4.98 Å². The monoisotopic (exact) mass is 273 g/mol. The van der Waals surface area contributed by atoms with Crippen LogP contribution in [-0.4, -0.2) is 4.98 Å². The second-order valence-electron chi connectivity index (χ2n) is 5.57. The summed E-state index contributed by atoms with van der Waals surface area (Å²) < 4.78 is 0. The quantitative estimate of drug-likeness (QED) is 0.614. The maximum absolute atomic E-state index is 4.81. The average Bonchev–Trinajstić information content (AvgIpc) is 2.51. The zero-order chi connectivity index (χ0) is 14.8. The molecule has 0 spiro atoms. The lowest BCUT2D eigenvalue weighted by molar-refractivity contribution is 1.29. The first kappa shape index (κ1) is 13.6. The van der Waals surface area contributed by atoms with E-state index < -0.39 is 0 Å². The van der Waals surface area contributed by atoms with Gasteiger partial charge in [0.2, 0.25) is 0 Å². The van der Waals surface area contributed by atoms with E-state index in [1.807, 2.05) is 0 Å². The number of nitrogens with zero attached hydrogens (tertiary/aromatic N) is 1. The largest absolute Gasteiger partial charge is 0.248 e. The zero-order valence-electron chi connectivity index (χ0n) is 12.7. The number of hydrogen-bond acceptors (Lipinski definition) is 1. The molecule has 0 fully saturated rings. The van der Waals surface area contributed by atoms with Crippen molar-refractivity contribution in [2.45, 2.75) is 20.8 Å². The van der Waals surface area contributed by atoms with Gasteiger partial charge in [0, 0.05) is 11.1 Å². The Bertz CT molecular complexity index is 770. The molecule has 1 nitrogen and oxygen atoms in total. The minimum atomic E-state index is 1.02. The third-order valence-electron chi connectivity index (χ3n) is 3.90. The second-order valence-corrected chi connectivity index (χ2v) is 5.57. The third kappa shape index (κ3) is 2.87. The Morgan fingerprint density at radius 3 is 1.90 bits per heavy atom. The fourth-order valence-corrected chi connectivity index (χ4v) is 2.38. The van der Waals surface area contributed by atoms with E-state index in [-0.39, 0.29) is 0 Å². The zero-order valence-corrected chi connectivity index (χ0v) is 12.7. The molecule has 0 saturated carbocycles. The van der Waals surface area contributed by atoms with Crippen LogP contribution in [0.25, 0.3) is 22.5 Å². The van der Waals surface area contributed by atoms with Crippen molar-refractivity contribution in [2.24, 2.45) is 0 Å². The molecule has 3 rings (SSSR count). The van der Waals surface area contributed by atoms with Gasteiger partial charge in [-0.15, -0.1) is 0 Å². The Morgan fingerprint density at radius 1 is 0.619 bits per heavy atom. The molecule has 0 aliphatic rings. The van der Waals surface area contributed by atoms with E-state index in [0.29, 0.717) is 0 Å². The van der Waals surface area contributed by atoms with Gasteiger partial charge in [0.1, 0.15) is 0 Å². The lowest BCUT2D eigenvalue weighted by Gasteiger charge is -2.07. The summed E-state index contributed by atoms with van der Waals surface area (Å²) in [6, 6.07) is 21.2. The van der Waals surface area contributed by atoms with Gasteiger partial charge in [-0.1, -0.05) is 48.0 Å². The minimum Gasteiger partial charge on any atom is -0.248 e. The van der Waals surface area contributed by atoms with Crippen LogP contribution in [0.15, 0.2) is 60.7 Å². The van der Waals surface area contributed by atoms with Crippen LogP contribution in [0.5, 0.6) is 0 Å². The molecule has 0 bridgehead atoms. The van der Waals surface area contributed by atoms with Crippen LogP contribution in [0.3, 0.4) is 0 Å². The van der Waals surface area contributed by atoms with Crippen molar-refractivity contribution in [3.8, 4) is 22.5 Å². The lowest BCUT2D eigenvalue weighted by atomic mass is 10.0. The molecule has 2 aromatic carbocycles. The summed E-state index contributed by atoms with van der Waals surface area (Å²) in [4.78, 5) is 4.81. The third-order valence-corrected chi connectivity index (χ3v) is 3.90. The number of aryl methyl sites for hydroxylation is 3. The number of benzene rings is 2. The van der Waals surface area contributed by atoms with Crippen molar-refractivity contribution in [1.29, 1.82) is 0 Å². The van der Waals surface area contributed by atoms with Gasteiger partial charge in [0.05, 0.1) is 11.4 Å². The maximum atomic E-state index is 4.81. The Labute approximate surface area is 126 Å². The van der Waals surface area contributed by atoms with Crippen molar-refractivity contribution in [2.75, 3.05) is 0 Å². The highest BCUT2D eigenvalue weighted by molar-refractivity contribution is 5.67. The molecule has 0 aliphatic heterocycles. The molecule has 0 unspecified atom stereocenters. The first-order valence-electron chi connectivity index (χ1n) is 7.25. The molecule has 0 saturated heterocycles. The molecule has 0 atom stereocenters. The molecule has 104 valence electrons. The molecular weight excluding hydrogens is 254 g/mol. The van der Waals surface area contributed by atoms with Crippen molar-refractivity contribution in [3.63, 3.8) is 0 Å². The highest BCUT2D eigenvalue weighted by atomic mass is 14.7. The summed E-state index contributed by atoms with van der Waals surface area (Å²) in [5.41, 5.74) is 8.26. The molecule has 0 amide bonds. The van der Waals surface area contributed by atoms with Crippen molar-refractivity contribution < 1.29 is 0 Å². The summed E-state index contributed by atoms with van der Waals surface area (Å²) in [5.74, 6) is 0. The first-order chi connectivity index (χ1) is 10.1. The van der Waals surface area contributed by atoms with Crippen LogP contribution >= 0.6 is 0 Å².